The Hall–Kier alpha value is -0.690. The van der Waals surface area contributed by atoms with E-state index in [1.165, 1.54) is 0 Å². The number of rotatable bonds is 7. The van der Waals surface area contributed by atoms with Gasteiger partial charge in [-0.2, -0.15) is 39.2 Å². The zero-order valence-corrected chi connectivity index (χ0v) is 11.0. The Labute approximate surface area is 113 Å². The summed E-state index contributed by atoms with van der Waals surface area (Å²) in [4.78, 5) is 0. The van der Waals surface area contributed by atoms with Crippen molar-refractivity contribution in [2.45, 2.75) is 49.6 Å². The molecule has 2 unspecified atom stereocenters. The molecule has 4 nitrogen and oxygen atoms in total. The van der Waals surface area contributed by atoms with Crippen LogP contribution in [0.25, 0.3) is 0 Å². The second-order valence-electron chi connectivity index (χ2n) is 3.90. The summed E-state index contributed by atoms with van der Waals surface area (Å²) in [5.74, 6) is -5.96. The van der Waals surface area contributed by atoms with Crippen LogP contribution in [0.3, 0.4) is 0 Å². The largest absolute Gasteiger partial charge is 0.423 e. The molecule has 0 aliphatic rings. The molecule has 21 heavy (non-hydrogen) atoms. The molecular weight excluding hydrogens is 344 g/mol. The van der Waals surface area contributed by atoms with E-state index in [0.29, 0.717) is 0 Å². The summed E-state index contributed by atoms with van der Waals surface area (Å²) in [5.41, 5.74) is -2.85. The number of hydrogen-bond donors (Lipinski definition) is 1. The van der Waals surface area contributed by atoms with E-state index >= 15 is 0 Å². The lowest BCUT2D eigenvalue weighted by atomic mass is 10.1. The van der Waals surface area contributed by atoms with Crippen molar-refractivity contribution in [1.29, 1.82) is 0 Å². The minimum absolute atomic E-state index is 0.843. The molecular formula is C8H10F8O4S. The summed E-state index contributed by atoms with van der Waals surface area (Å²) in [5, 5.41) is 0. The van der Waals surface area contributed by atoms with Crippen LogP contribution < -0.4 is 0 Å². The summed E-state index contributed by atoms with van der Waals surface area (Å²) >= 11 is 0. The second kappa shape index (κ2) is 6.20. The highest BCUT2D eigenvalue weighted by molar-refractivity contribution is 7.86. The molecule has 0 aromatic carbocycles. The molecule has 0 aliphatic heterocycles. The van der Waals surface area contributed by atoms with Gasteiger partial charge in [-0.1, -0.05) is 6.92 Å². The maximum absolute atomic E-state index is 13.0. The number of alkyl halides is 8. The van der Waals surface area contributed by atoms with E-state index < -0.39 is 52.8 Å². The fraction of sp³-hybridized carbons (Fsp3) is 1.00. The van der Waals surface area contributed by atoms with Gasteiger partial charge in [0.1, 0.15) is 0 Å². The highest BCUT2D eigenvalue weighted by atomic mass is 32.2. The smallest absolute Gasteiger partial charge is 0.293 e. The molecule has 0 aromatic rings. The van der Waals surface area contributed by atoms with Crippen molar-refractivity contribution in [2.24, 2.45) is 0 Å². The third-order valence-electron chi connectivity index (χ3n) is 2.14. The van der Waals surface area contributed by atoms with Crippen molar-refractivity contribution >= 4 is 10.1 Å². The third kappa shape index (κ3) is 5.54. The van der Waals surface area contributed by atoms with Gasteiger partial charge in [-0.05, 0) is 6.42 Å². The van der Waals surface area contributed by atoms with E-state index in [9.17, 15) is 43.5 Å². The third-order valence-corrected chi connectivity index (χ3v) is 3.23. The molecule has 0 spiro atoms. The van der Waals surface area contributed by atoms with Crippen molar-refractivity contribution in [2.75, 3.05) is 0 Å². The Morgan fingerprint density at radius 1 is 1.10 bits per heavy atom. The van der Waals surface area contributed by atoms with Gasteiger partial charge in [0.25, 0.3) is 10.1 Å². The molecule has 0 bridgehead atoms. The van der Waals surface area contributed by atoms with E-state index in [4.69, 9.17) is 4.55 Å². The van der Waals surface area contributed by atoms with Gasteiger partial charge < -0.3 is 0 Å². The summed E-state index contributed by atoms with van der Waals surface area (Å²) in [6.07, 6.45) is -19.6. The van der Waals surface area contributed by atoms with E-state index in [1.807, 2.05) is 0 Å². The van der Waals surface area contributed by atoms with Crippen molar-refractivity contribution < 1.29 is 52.8 Å². The molecule has 0 heterocycles. The van der Waals surface area contributed by atoms with E-state index in [1.54, 1.807) is 0 Å². The van der Waals surface area contributed by atoms with Gasteiger partial charge in [-0.15, -0.1) is 0 Å². The zero-order valence-electron chi connectivity index (χ0n) is 10.2. The van der Waals surface area contributed by atoms with Gasteiger partial charge in [0.05, 0.1) is 6.42 Å². The molecule has 128 valence electrons. The Balaban J connectivity index is 5.28. The number of ether oxygens (including phenoxy) is 1. The first-order chi connectivity index (χ1) is 9.04. The summed E-state index contributed by atoms with van der Waals surface area (Å²) in [6.45, 7) is 0.843. The van der Waals surface area contributed by atoms with Gasteiger partial charge in [-0.3, -0.25) is 9.29 Å². The maximum Gasteiger partial charge on any atom is 0.423 e. The first-order valence-corrected chi connectivity index (χ1v) is 6.65. The Bertz CT molecular complexity index is 446. The average Bonchev–Trinajstić information content (AvgIpc) is 2.21. The van der Waals surface area contributed by atoms with Crippen LogP contribution in [0.4, 0.5) is 35.1 Å². The molecule has 13 heteroatoms. The summed E-state index contributed by atoms with van der Waals surface area (Å²) in [7, 11) is -5.35. The van der Waals surface area contributed by atoms with Gasteiger partial charge in [0, 0.05) is 0 Å². The Morgan fingerprint density at radius 2 is 1.52 bits per heavy atom. The SMILES string of the molecule is CCC(OC(F)(F)C(F)(F)C(F)CC(F)(F)F)S(=O)(=O)O. The van der Waals surface area contributed by atoms with E-state index in [0.717, 1.165) is 6.92 Å². The highest BCUT2D eigenvalue weighted by Gasteiger charge is 2.66. The normalized spacial score (nSPS) is 17.6. The monoisotopic (exact) mass is 354 g/mol. The molecule has 0 radical (unpaired) electrons. The predicted molar refractivity (Wildman–Crippen MR) is 52.2 cm³/mol. The maximum atomic E-state index is 13.0. The number of hydrogen-bond acceptors (Lipinski definition) is 3. The minimum atomic E-state index is -5.96. The Kier molecular flexibility index (Phi) is 6.00. The van der Waals surface area contributed by atoms with Gasteiger partial charge in [0.2, 0.25) is 0 Å². The second-order valence-corrected chi connectivity index (χ2v) is 5.45. The van der Waals surface area contributed by atoms with Crippen LogP contribution in [0.5, 0.6) is 0 Å². The molecule has 2 atom stereocenters. The van der Waals surface area contributed by atoms with Crippen molar-refractivity contribution in [3.63, 3.8) is 0 Å². The molecule has 0 amide bonds. The van der Waals surface area contributed by atoms with E-state index in [2.05, 4.69) is 4.74 Å². The predicted octanol–water partition coefficient (Wildman–Crippen LogP) is 3.15. The standard InChI is InChI=1S/C8H10F8O4S/c1-2-5(21(17,18)19)20-8(15,16)7(13,14)4(9)3-6(10,11)12/h4-5H,2-3H2,1H3,(H,17,18,19). The lowest BCUT2D eigenvalue weighted by molar-refractivity contribution is -0.371. The van der Waals surface area contributed by atoms with Crippen LogP contribution in [0.2, 0.25) is 0 Å². The molecule has 0 saturated carbocycles. The first kappa shape index (κ1) is 20.3. The lowest BCUT2D eigenvalue weighted by Gasteiger charge is -2.30. The summed E-state index contributed by atoms with van der Waals surface area (Å²) in [6, 6.07) is 0. The van der Waals surface area contributed by atoms with Gasteiger partial charge in [-0.25, -0.2) is 4.39 Å². The van der Waals surface area contributed by atoms with Crippen LogP contribution in [0.15, 0.2) is 0 Å². The zero-order chi connectivity index (χ0) is 17.3. The average molecular weight is 354 g/mol. The molecule has 0 aliphatic carbocycles. The lowest BCUT2D eigenvalue weighted by Crippen LogP contribution is -2.53. The molecule has 0 rings (SSSR count). The molecule has 0 saturated heterocycles. The summed E-state index contributed by atoms with van der Waals surface area (Å²) < 4.78 is 133. The minimum Gasteiger partial charge on any atom is -0.293 e. The quantitative estimate of drug-likeness (QED) is 0.564. The van der Waals surface area contributed by atoms with Gasteiger partial charge in [0.15, 0.2) is 11.6 Å². The van der Waals surface area contributed by atoms with Crippen molar-refractivity contribution in [3.8, 4) is 0 Å². The van der Waals surface area contributed by atoms with Crippen LogP contribution in [-0.2, 0) is 14.9 Å². The van der Waals surface area contributed by atoms with Crippen LogP contribution >= 0.6 is 0 Å². The van der Waals surface area contributed by atoms with Crippen molar-refractivity contribution in [3.05, 3.63) is 0 Å². The van der Waals surface area contributed by atoms with Crippen LogP contribution in [0, 0.1) is 0 Å². The first-order valence-electron chi connectivity index (χ1n) is 5.15. The fourth-order valence-corrected chi connectivity index (χ4v) is 1.78. The van der Waals surface area contributed by atoms with Crippen LogP contribution in [-0.4, -0.2) is 42.8 Å². The van der Waals surface area contributed by atoms with Crippen molar-refractivity contribution in [1.82, 2.24) is 0 Å². The molecule has 1 N–H and O–H groups in total. The van der Waals surface area contributed by atoms with Crippen LogP contribution in [0.1, 0.15) is 19.8 Å². The highest BCUT2D eigenvalue weighted by Crippen LogP contribution is 2.44. The molecule has 0 aromatic heterocycles. The number of halogens is 8. The molecule has 0 fully saturated rings. The topological polar surface area (TPSA) is 63.6 Å². The Morgan fingerprint density at radius 3 is 1.81 bits per heavy atom. The van der Waals surface area contributed by atoms with E-state index in [-0.39, 0.29) is 0 Å². The van der Waals surface area contributed by atoms with Gasteiger partial charge >= 0.3 is 18.2 Å². The fourth-order valence-electron chi connectivity index (χ4n) is 1.11.